The number of aliphatic hydroxyl groups is 1. The van der Waals surface area contributed by atoms with Crippen LogP contribution in [-0.4, -0.2) is 41.3 Å². The lowest BCUT2D eigenvalue weighted by Gasteiger charge is -2.32. The van der Waals surface area contributed by atoms with Crippen LogP contribution in [-0.2, 0) is 0 Å². The zero-order valence-electron chi connectivity index (χ0n) is 14.7. The molecule has 0 aliphatic carbocycles. The van der Waals surface area contributed by atoms with Crippen LogP contribution in [0.1, 0.15) is 67.2 Å². The van der Waals surface area contributed by atoms with Crippen molar-refractivity contribution in [1.82, 2.24) is 10.2 Å². The lowest BCUT2D eigenvalue weighted by Crippen LogP contribution is -2.46. The summed E-state index contributed by atoms with van der Waals surface area (Å²) in [6.45, 7) is 14.1. The Hall–Kier alpha value is -0.770. The van der Waals surface area contributed by atoms with Crippen molar-refractivity contribution >= 4 is 6.03 Å². The van der Waals surface area contributed by atoms with Gasteiger partial charge in [0, 0.05) is 19.1 Å². The average Bonchev–Trinajstić information content (AvgIpc) is 2.69. The lowest BCUT2D eigenvalue weighted by molar-refractivity contribution is 0.125. The molecule has 1 fully saturated rings. The number of urea groups is 1. The average molecular weight is 298 g/mol. The summed E-state index contributed by atoms with van der Waals surface area (Å²) in [6.07, 6.45) is 3.63. The first-order chi connectivity index (χ1) is 9.50. The van der Waals surface area contributed by atoms with Crippen LogP contribution in [0.3, 0.4) is 0 Å². The minimum absolute atomic E-state index is 0.0559. The highest BCUT2D eigenvalue weighted by molar-refractivity contribution is 5.74. The fourth-order valence-corrected chi connectivity index (χ4v) is 3.31. The first-order valence-corrected chi connectivity index (χ1v) is 8.23. The lowest BCUT2D eigenvalue weighted by atomic mass is 9.87. The first kappa shape index (κ1) is 18.3. The standard InChI is InChI=1S/C17H34N2O2/c1-13(20)10-17(5,6)12-18-15(21)19-9-7-8-14(19)11-16(2,3)4/h13-14,20H,7-12H2,1-6H3,(H,18,21). The molecule has 0 aromatic carbocycles. The molecule has 124 valence electrons. The maximum absolute atomic E-state index is 12.4. The van der Waals surface area contributed by atoms with E-state index >= 15 is 0 Å². The molecule has 4 heteroatoms. The zero-order chi connectivity index (χ0) is 16.3. The molecule has 2 amide bonds. The number of hydrogen-bond donors (Lipinski definition) is 2. The number of aliphatic hydroxyl groups excluding tert-OH is 1. The quantitative estimate of drug-likeness (QED) is 0.817. The van der Waals surface area contributed by atoms with Gasteiger partial charge in [0.1, 0.15) is 0 Å². The van der Waals surface area contributed by atoms with Crippen molar-refractivity contribution in [3.8, 4) is 0 Å². The molecule has 21 heavy (non-hydrogen) atoms. The van der Waals surface area contributed by atoms with Gasteiger partial charge >= 0.3 is 6.03 Å². The van der Waals surface area contributed by atoms with Crippen LogP contribution in [0.25, 0.3) is 0 Å². The Bertz CT molecular complexity index is 345. The number of hydrogen-bond acceptors (Lipinski definition) is 2. The van der Waals surface area contributed by atoms with Crippen LogP contribution in [0.2, 0.25) is 0 Å². The molecule has 2 atom stereocenters. The second-order valence-electron chi connectivity index (χ2n) is 8.63. The van der Waals surface area contributed by atoms with E-state index in [9.17, 15) is 9.90 Å². The Kier molecular flexibility index (Phi) is 6.09. The summed E-state index contributed by atoms with van der Waals surface area (Å²) >= 11 is 0. The summed E-state index contributed by atoms with van der Waals surface area (Å²) in [7, 11) is 0. The van der Waals surface area contributed by atoms with Crippen molar-refractivity contribution in [2.45, 2.75) is 79.4 Å². The molecule has 1 aliphatic heterocycles. The Morgan fingerprint density at radius 2 is 1.95 bits per heavy atom. The fraction of sp³-hybridized carbons (Fsp3) is 0.941. The molecule has 0 radical (unpaired) electrons. The third kappa shape index (κ3) is 6.68. The highest BCUT2D eigenvalue weighted by Crippen LogP contribution is 2.30. The Balaban J connectivity index is 2.51. The van der Waals surface area contributed by atoms with E-state index in [0.29, 0.717) is 19.0 Å². The molecule has 1 heterocycles. The Morgan fingerprint density at radius 1 is 1.33 bits per heavy atom. The van der Waals surface area contributed by atoms with Crippen LogP contribution in [0.4, 0.5) is 4.79 Å². The van der Waals surface area contributed by atoms with E-state index in [2.05, 4.69) is 39.9 Å². The summed E-state index contributed by atoms with van der Waals surface area (Å²) in [5, 5.41) is 12.6. The molecular weight excluding hydrogens is 264 g/mol. The highest BCUT2D eigenvalue weighted by atomic mass is 16.3. The Labute approximate surface area is 130 Å². The third-order valence-electron chi connectivity index (χ3n) is 4.05. The molecule has 0 spiro atoms. The van der Waals surface area contributed by atoms with Gasteiger partial charge in [-0.15, -0.1) is 0 Å². The molecule has 1 saturated heterocycles. The highest BCUT2D eigenvalue weighted by Gasteiger charge is 2.32. The number of amides is 2. The number of nitrogens with one attached hydrogen (secondary N) is 1. The van der Waals surface area contributed by atoms with E-state index in [0.717, 1.165) is 25.8 Å². The zero-order valence-corrected chi connectivity index (χ0v) is 14.7. The number of likely N-dealkylation sites (tertiary alicyclic amines) is 1. The predicted molar refractivity (Wildman–Crippen MR) is 87.3 cm³/mol. The molecule has 0 aromatic heterocycles. The third-order valence-corrected chi connectivity index (χ3v) is 4.05. The van der Waals surface area contributed by atoms with Crippen molar-refractivity contribution < 1.29 is 9.90 Å². The second-order valence-corrected chi connectivity index (χ2v) is 8.63. The van der Waals surface area contributed by atoms with E-state index in [1.807, 2.05) is 4.90 Å². The van der Waals surface area contributed by atoms with Gasteiger partial charge in [0.2, 0.25) is 0 Å². The molecule has 0 aromatic rings. The first-order valence-electron chi connectivity index (χ1n) is 8.23. The number of carbonyl (C=O) groups excluding carboxylic acids is 1. The monoisotopic (exact) mass is 298 g/mol. The number of carbonyl (C=O) groups is 1. The van der Waals surface area contributed by atoms with Gasteiger partial charge in [-0.05, 0) is 43.4 Å². The normalized spacial score (nSPS) is 21.5. The van der Waals surface area contributed by atoms with Crippen LogP contribution >= 0.6 is 0 Å². The maximum atomic E-state index is 12.4. The second kappa shape index (κ2) is 6.99. The molecule has 0 saturated carbocycles. The largest absolute Gasteiger partial charge is 0.393 e. The van der Waals surface area contributed by atoms with Crippen molar-refractivity contribution in [3.63, 3.8) is 0 Å². The van der Waals surface area contributed by atoms with E-state index in [1.54, 1.807) is 6.92 Å². The topological polar surface area (TPSA) is 52.6 Å². The molecule has 0 bridgehead atoms. The van der Waals surface area contributed by atoms with Crippen LogP contribution in [0.15, 0.2) is 0 Å². The minimum Gasteiger partial charge on any atom is -0.393 e. The van der Waals surface area contributed by atoms with Gasteiger partial charge in [0.05, 0.1) is 6.10 Å². The molecule has 1 aliphatic rings. The van der Waals surface area contributed by atoms with Crippen molar-refractivity contribution in [3.05, 3.63) is 0 Å². The maximum Gasteiger partial charge on any atom is 0.317 e. The van der Waals surface area contributed by atoms with Crippen molar-refractivity contribution in [2.75, 3.05) is 13.1 Å². The Morgan fingerprint density at radius 3 is 2.48 bits per heavy atom. The summed E-state index contributed by atoms with van der Waals surface area (Å²) in [6, 6.07) is 0.422. The van der Waals surface area contributed by atoms with Gasteiger partial charge in [0.25, 0.3) is 0 Å². The number of rotatable bonds is 5. The minimum atomic E-state index is -0.336. The summed E-state index contributed by atoms with van der Waals surface area (Å²) in [5.41, 5.74) is 0.169. The van der Waals surface area contributed by atoms with Gasteiger partial charge < -0.3 is 15.3 Å². The summed E-state index contributed by atoms with van der Waals surface area (Å²) in [5.74, 6) is 0. The molecule has 1 rings (SSSR count). The molecular formula is C17H34N2O2. The van der Waals surface area contributed by atoms with Crippen LogP contribution < -0.4 is 5.32 Å². The van der Waals surface area contributed by atoms with Crippen molar-refractivity contribution in [2.24, 2.45) is 10.8 Å². The summed E-state index contributed by atoms with van der Waals surface area (Å²) < 4.78 is 0. The fourth-order valence-electron chi connectivity index (χ4n) is 3.31. The smallest absolute Gasteiger partial charge is 0.317 e. The van der Waals surface area contributed by atoms with E-state index in [-0.39, 0.29) is 23.0 Å². The van der Waals surface area contributed by atoms with Gasteiger partial charge in [-0.2, -0.15) is 0 Å². The van der Waals surface area contributed by atoms with Crippen LogP contribution in [0.5, 0.6) is 0 Å². The summed E-state index contributed by atoms with van der Waals surface area (Å²) in [4.78, 5) is 14.4. The molecule has 2 unspecified atom stereocenters. The van der Waals surface area contributed by atoms with Crippen molar-refractivity contribution in [1.29, 1.82) is 0 Å². The van der Waals surface area contributed by atoms with Crippen LogP contribution in [0, 0.1) is 10.8 Å². The SMILES string of the molecule is CC(O)CC(C)(C)CNC(=O)N1CCCC1CC(C)(C)C. The molecule has 2 N–H and O–H groups in total. The van der Waals surface area contributed by atoms with Gasteiger partial charge in [-0.3, -0.25) is 0 Å². The van der Waals surface area contributed by atoms with E-state index in [4.69, 9.17) is 0 Å². The molecule has 4 nitrogen and oxygen atoms in total. The van der Waals surface area contributed by atoms with Gasteiger partial charge in [0.15, 0.2) is 0 Å². The predicted octanol–water partition coefficient (Wildman–Crippen LogP) is 3.39. The number of nitrogens with zero attached hydrogens (tertiary/aromatic N) is 1. The van der Waals surface area contributed by atoms with E-state index < -0.39 is 0 Å². The van der Waals surface area contributed by atoms with Gasteiger partial charge in [-0.25, -0.2) is 4.79 Å². The van der Waals surface area contributed by atoms with Gasteiger partial charge in [-0.1, -0.05) is 34.6 Å². The van der Waals surface area contributed by atoms with E-state index in [1.165, 1.54) is 0 Å².